The lowest BCUT2D eigenvalue weighted by atomic mass is 9.95. The first-order valence-corrected chi connectivity index (χ1v) is 16.1. The van der Waals surface area contributed by atoms with E-state index in [0.29, 0.717) is 48.7 Å². The van der Waals surface area contributed by atoms with Crippen LogP contribution in [0.25, 0.3) is 17.0 Å². The molecule has 0 radical (unpaired) electrons. The number of para-hydroxylation sites is 1. The third-order valence-corrected chi connectivity index (χ3v) is 9.53. The molecule has 0 saturated carbocycles. The lowest BCUT2D eigenvalue weighted by Crippen LogP contribution is -2.40. The van der Waals surface area contributed by atoms with E-state index >= 15 is 0 Å². The molecule has 1 aliphatic rings. The molecular formula is C35H29BrN4O5S. The number of hydrogen-bond acceptors (Lipinski definition) is 8. The van der Waals surface area contributed by atoms with E-state index in [4.69, 9.17) is 19.2 Å². The second-order valence-electron chi connectivity index (χ2n) is 10.6. The first kappa shape index (κ1) is 31.1. The summed E-state index contributed by atoms with van der Waals surface area (Å²) in [6.45, 7) is 4.26. The summed E-state index contributed by atoms with van der Waals surface area (Å²) in [6.07, 6.45) is 3.91. The van der Waals surface area contributed by atoms with Gasteiger partial charge in [0.15, 0.2) is 16.3 Å². The molecule has 46 heavy (non-hydrogen) atoms. The van der Waals surface area contributed by atoms with Crippen LogP contribution in [0.4, 0.5) is 0 Å². The molecule has 2 aromatic heterocycles. The number of rotatable bonds is 8. The number of benzene rings is 3. The second kappa shape index (κ2) is 12.8. The molecule has 0 bridgehead atoms. The van der Waals surface area contributed by atoms with Gasteiger partial charge >= 0.3 is 5.97 Å². The number of fused-ring (bicyclic) bond motifs is 2. The van der Waals surface area contributed by atoms with E-state index in [1.165, 1.54) is 18.4 Å². The SMILES string of the molecule is CCOC(=O)C1=C(C)N=c2s/c(=C\c3cn(Cc4ccc(C#N)cc4)c4ccccc34)c(=O)n2[C@H]1c1cc(OC)c(OC)cc1Br. The van der Waals surface area contributed by atoms with Crippen molar-refractivity contribution >= 4 is 50.2 Å². The molecule has 11 heteroatoms. The first-order valence-electron chi connectivity index (χ1n) is 14.5. The lowest BCUT2D eigenvalue weighted by molar-refractivity contribution is -0.139. The molecule has 6 rings (SSSR count). The van der Waals surface area contributed by atoms with Crippen molar-refractivity contribution in [1.29, 1.82) is 5.26 Å². The summed E-state index contributed by atoms with van der Waals surface area (Å²) < 4.78 is 21.3. The first-order chi connectivity index (χ1) is 22.3. The Kier molecular flexibility index (Phi) is 8.67. The van der Waals surface area contributed by atoms with Crippen molar-refractivity contribution in [1.82, 2.24) is 9.13 Å². The van der Waals surface area contributed by atoms with Crippen molar-refractivity contribution in [2.75, 3.05) is 20.8 Å². The maximum Gasteiger partial charge on any atom is 0.338 e. The summed E-state index contributed by atoms with van der Waals surface area (Å²) in [5, 5.41) is 10.2. The number of halogens is 1. The van der Waals surface area contributed by atoms with Crippen LogP contribution in [-0.4, -0.2) is 35.9 Å². The molecule has 3 heterocycles. The van der Waals surface area contributed by atoms with E-state index in [2.05, 4.69) is 26.6 Å². The maximum absolute atomic E-state index is 14.3. The zero-order valence-electron chi connectivity index (χ0n) is 25.5. The molecule has 9 nitrogen and oxygen atoms in total. The normalized spacial score (nSPS) is 14.5. The Morgan fingerprint density at radius 3 is 2.52 bits per heavy atom. The van der Waals surface area contributed by atoms with Crippen molar-refractivity contribution in [3.05, 3.63) is 125 Å². The van der Waals surface area contributed by atoms with Crippen LogP contribution >= 0.6 is 27.3 Å². The molecule has 0 aliphatic carbocycles. The van der Waals surface area contributed by atoms with E-state index in [1.807, 2.05) is 60.8 Å². The van der Waals surface area contributed by atoms with Gasteiger partial charge in [-0.1, -0.05) is 57.6 Å². The van der Waals surface area contributed by atoms with Gasteiger partial charge in [0.1, 0.15) is 0 Å². The van der Waals surface area contributed by atoms with Gasteiger partial charge < -0.3 is 18.8 Å². The van der Waals surface area contributed by atoms with Crippen molar-refractivity contribution in [3.8, 4) is 17.6 Å². The fourth-order valence-electron chi connectivity index (χ4n) is 5.71. The van der Waals surface area contributed by atoms with Crippen LogP contribution in [-0.2, 0) is 16.1 Å². The molecular weight excluding hydrogens is 668 g/mol. The molecule has 3 aromatic carbocycles. The van der Waals surface area contributed by atoms with Crippen molar-refractivity contribution in [3.63, 3.8) is 0 Å². The third kappa shape index (κ3) is 5.55. The Labute approximate surface area is 277 Å². The number of thiazole rings is 1. The van der Waals surface area contributed by atoms with Gasteiger partial charge in [0.25, 0.3) is 5.56 Å². The van der Waals surface area contributed by atoms with Gasteiger partial charge in [-0.05, 0) is 61.4 Å². The summed E-state index contributed by atoms with van der Waals surface area (Å²) in [4.78, 5) is 32.9. The molecule has 1 atom stereocenters. The van der Waals surface area contributed by atoms with Gasteiger partial charge in [0, 0.05) is 33.7 Å². The molecule has 232 valence electrons. The largest absolute Gasteiger partial charge is 0.493 e. The third-order valence-electron chi connectivity index (χ3n) is 7.86. The van der Waals surface area contributed by atoms with Gasteiger partial charge in [0.05, 0.1) is 54.3 Å². The average molecular weight is 698 g/mol. The number of aromatic nitrogens is 2. The van der Waals surface area contributed by atoms with Crippen LogP contribution in [0.5, 0.6) is 11.5 Å². The predicted molar refractivity (Wildman–Crippen MR) is 180 cm³/mol. The molecule has 0 amide bonds. The highest BCUT2D eigenvalue weighted by molar-refractivity contribution is 9.10. The van der Waals surface area contributed by atoms with E-state index in [-0.39, 0.29) is 17.7 Å². The number of carbonyl (C=O) groups is 1. The molecule has 0 spiro atoms. The van der Waals surface area contributed by atoms with E-state index in [9.17, 15) is 14.9 Å². The molecule has 5 aromatic rings. The highest BCUT2D eigenvalue weighted by Crippen LogP contribution is 2.40. The van der Waals surface area contributed by atoms with Crippen LogP contribution in [0.1, 0.15) is 42.1 Å². The van der Waals surface area contributed by atoms with Gasteiger partial charge in [-0.15, -0.1) is 0 Å². The standard InChI is InChI=1S/C35H29BrN4O5S/c1-5-45-34(42)31-20(2)38-35-40(32(31)25-15-28(43-3)29(44-4)16-26(25)36)33(41)30(46-35)14-23-19-39(27-9-7-6-8-24(23)27)18-22-12-10-21(17-37)11-13-22/h6-16,19,32H,5,18H2,1-4H3/b30-14-/t32-/m0/s1. The minimum atomic E-state index is -0.829. The summed E-state index contributed by atoms with van der Waals surface area (Å²) in [5.74, 6) is 0.410. The molecule has 0 fully saturated rings. The molecule has 0 saturated heterocycles. The molecule has 0 unspecified atom stereocenters. The summed E-state index contributed by atoms with van der Waals surface area (Å²) in [6, 6.07) is 20.4. The average Bonchev–Trinajstić information content (AvgIpc) is 3.56. The summed E-state index contributed by atoms with van der Waals surface area (Å²) in [5.41, 5.74) is 4.63. The highest BCUT2D eigenvalue weighted by Gasteiger charge is 2.35. The Bertz CT molecular complexity index is 2260. The second-order valence-corrected chi connectivity index (χ2v) is 12.4. The molecule has 0 N–H and O–H groups in total. The zero-order valence-corrected chi connectivity index (χ0v) is 27.9. The van der Waals surface area contributed by atoms with Crippen LogP contribution in [0, 0.1) is 11.3 Å². The number of allylic oxidation sites excluding steroid dienone is 1. The lowest BCUT2D eigenvalue weighted by Gasteiger charge is -2.26. The molecule has 1 aliphatic heterocycles. The summed E-state index contributed by atoms with van der Waals surface area (Å²) >= 11 is 4.91. The summed E-state index contributed by atoms with van der Waals surface area (Å²) in [7, 11) is 3.08. The van der Waals surface area contributed by atoms with Gasteiger partial charge in [0.2, 0.25) is 0 Å². The zero-order chi connectivity index (χ0) is 32.5. The minimum absolute atomic E-state index is 0.173. The van der Waals surface area contributed by atoms with Crippen LogP contribution in [0.3, 0.4) is 0 Å². The van der Waals surface area contributed by atoms with Crippen molar-refractivity contribution in [2.24, 2.45) is 4.99 Å². The monoisotopic (exact) mass is 696 g/mol. The highest BCUT2D eigenvalue weighted by atomic mass is 79.9. The number of esters is 1. The topological polar surface area (TPSA) is 108 Å². The van der Waals surface area contributed by atoms with Crippen molar-refractivity contribution in [2.45, 2.75) is 26.4 Å². The fourth-order valence-corrected chi connectivity index (χ4v) is 7.29. The van der Waals surface area contributed by atoms with E-state index in [1.54, 1.807) is 37.7 Å². The van der Waals surface area contributed by atoms with Gasteiger partial charge in [-0.2, -0.15) is 5.26 Å². The van der Waals surface area contributed by atoms with E-state index in [0.717, 1.165) is 22.0 Å². The fraction of sp³-hybridized carbons (Fsp3) is 0.200. The Hall–Kier alpha value is -4.92. The number of hydrogen-bond donors (Lipinski definition) is 0. The van der Waals surface area contributed by atoms with Crippen LogP contribution in [0.15, 0.2) is 92.4 Å². The number of methoxy groups -OCH3 is 2. The van der Waals surface area contributed by atoms with Gasteiger partial charge in [-0.3, -0.25) is 9.36 Å². The Morgan fingerprint density at radius 2 is 1.83 bits per heavy atom. The number of ether oxygens (including phenoxy) is 3. The Morgan fingerprint density at radius 1 is 1.11 bits per heavy atom. The predicted octanol–water partition coefficient (Wildman–Crippen LogP) is 5.45. The van der Waals surface area contributed by atoms with Crippen molar-refractivity contribution < 1.29 is 19.0 Å². The number of carbonyl (C=O) groups excluding carboxylic acids is 1. The minimum Gasteiger partial charge on any atom is -0.493 e. The number of nitriles is 1. The Balaban J connectivity index is 1.53. The van der Waals surface area contributed by atoms with E-state index < -0.39 is 12.0 Å². The smallest absolute Gasteiger partial charge is 0.338 e. The quantitative estimate of drug-likeness (QED) is 0.200. The van der Waals surface area contributed by atoms with Gasteiger partial charge in [-0.25, -0.2) is 9.79 Å². The maximum atomic E-state index is 14.3. The van der Waals surface area contributed by atoms with Crippen LogP contribution in [0.2, 0.25) is 0 Å². The van der Waals surface area contributed by atoms with Crippen LogP contribution < -0.4 is 24.4 Å². The number of nitrogens with zero attached hydrogens (tertiary/aromatic N) is 4.